The maximum atomic E-state index is 12.7. The van der Waals surface area contributed by atoms with Gasteiger partial charge < -0.3 is 14.1 Å². The summed E-state index contributed by atoms with van der Waals surface area (Å²) < 4.78 is 49.1. The van der Waals surface area contributed by atoms with Gasteiger partial charge in [-0.2, -0.15) is 13.2 Å². The molecule has 0 unspecified atom stereocenters. The van der Waals surface area contributed by atoms with Gasteiger partial charge in [0, 0.05) is 6.92 Å². The summed E-state index contributed by atoms with van der Waals surface area (Å²) in [5.74, 6) is 1.57. The van der Waals surface area contributed by atoms with Crippen molar-refractivity contribution >= 4 is 5.82 Å². The fourth-order valence-electron chi connectivity index (χ4n) is 2.65. The van der Waals surface area contributed by atoms with Gasteiger partial charge in [0.05, 0.1) is 18.7 Å². The lowest BCUT2D eigenvalue weighted by Gasteiger charge is -2.39. The average Bonchev–Trinajstić information content (AvgIpc) is 3.04. The van der Waals surface area contributed by atoms with Gasteiger partial charge in [-0.25, -0.2) is 0 Å². The molecule has 1 aromatic carbocycles. The Bertz CT molecular complexity index is 936. The summed E-state index contributed by atoms with van der Waals surface area (Å²) >= 11 is 0. The van der Waals surface area contributed by atoms with Crippen LogP contribution in [-0.2, 0) is 6.18 Å². The van der Waals surface area contributed by atoms with Crippen LogP contribution in [0.3, 0.4) is 0 Å². The highest BCUT2D eigenvalue weighted by atomic mass is 19.4. The summed E-state index contributed by atoms with van der Waals surface area (Å²) in [5, 5.41) is 15.8. The van der Waals surface area contributed by atoms with Crippen LogP contribution in [0, 0.1) is 6.92 Å². The molecule has 2 aromatic heterocycles. The number of anilines is 1. The fraction of sp³-hybridized carbons (Fsp3) is 0.294. The van der Waals surface area contributed by atoms with Gasteiger partial charge in [0.15, 0.2) is 5.82 Å². The Balaban J connectivity index is 1.36. The van der Waals surface area contributed by atoms with Crippen LogP contribution in [0.15, 0.2) is 40.8 Å². The number of halogens is 3. The first-order valence-electron chi connectivity index (χ1n) is 8.11. The molecular formula is C17H14F3N5O2. The van der Waals surface area contributed by atoms with Gasteiger partial charge in [-0.3, -0.25) is 0 Å². The fourth-order valence-corrected chi connectivity index (χ4v) is 2.65. The third kappa shape index (κ3) is 3.69. The van der Waals surface area contributed by atoms with Crippen molar-refractivity contribution in [2.75, 3.05) is 18.0 Å². The molecule has 27 heavy (non-hydrogen) atoms. The molecule has 0 radical (unpaired) electrons. The van der Waals surface area contributed by atoms with Gasteiger partial charge >= 0.3 is 6.18 Å². The van der Waals surface area contributed by atoms with Crippen molar-refractivity contribution in [3.63, 3.8) is 0 Å². The molecule has 140 valence electrons. The van der Waals surface area contributed by atoms with E-state index >= 15 is 0 Å². The Morgan fingerprint density at radius 2 is 1.89 bits per heavy atom. The zero-order chi connectivity index (χ0) is 19.0. The molecule has 7 nitrogen and oxygen atoms in total. The minimum Gasteiger partial charge on any atom is -0.487 e. The summed E-state index contributed by atoms with van der Waals surface area (Å²) in [4.78, 5) is 1.91. The third-order valence-corrected chi connectivity index (χ3v) is 4.03. The van der Waals surface area contributed by atoms with E-state index in [1.165, 1.54) is 12.1 Å². The molecule has 0 amide bonds. The van der Waals surface area contributed by atoms with E-state index < -0.39 is 11.7 Å². The number of aromatic nitrogens is 4. The molecule has 0 aliphatic carbocycles. The van der Waals surface area contributed by atoms with Crippen molar-refractivity contribution in [3.8, 4) is 17.3 Å². The topological polar surface area (TPSA) is 77.2 Å². The van der Waals surface area contributed by atoms with Gasteiger partial charge in [-0.05, 0) is 30.3 Å². The van der Waals surface area contributed by atoms with Gasteiger partial charge in [0.25, 0.3) is 5.89 Å². The molecule has 0 saturated carbocycles. The van der Waals surface area contributed by atoms with Crippen LogP contribution in [0.2, 0.25) is 0 Å². The molecule has 1 fully saturated rings. The monoisotopic (exact) mass is 377 g/mol. The van der Waals surface area contributed by atoms with Crippen molar-refractivity contribution in [2.24, 2.45) is 0 Å². The van der Waals surface area contributed by atoms with Crippen molar-refractivity contribution in [2.45, 2.75) is 19.2 Å². The molecule has 4 rings (SSSR count). The van der Waals surface area contributed by atoms with E-state index in [-0.39, 0.29) is 11.9 Å². The largest absolute Gasteiger partial charge is 0.487 e. The Kier molecular flexibility index (Phi) is 4.17. The molecule has 3 aromatic rings. The number of hydrogen-bond donors (Lipinski definition) is 0. The molecule has 0 spiro atoms. The van der Waals surface area contributed by atoms with E-state index in [4.69, 9.17) is 9.15 Å². The Labute approximate surface area is 151 Å². The summed E-state index contributed by atoms with van der Waals surface area (Å²) in [6.07, 6.45) is -4.60. The molecule has 0 bridgehead atoms. The minimum atomic E-state index is -4.39. The first kappa shape index (κ1) is 17.3. The van der Waals surface area contributed by atoms with E-state index in [9.17, 15) is 13.2 Å². The Hall–Kier alpha value is -3.17. The second kappa shape index (κ2) is 6.53. The summed E-state index contributed by atoms with van der Waals surface area (Å²) in [7, 11) is 0. The molecule has 1 saturated heterocycles. The zero-order valence-electron chi connectivity index (χ0n) is 14.1. The molecule has 1 aliphatic heterocycles. The van der Waals surface area contributed by atoms with Crippen LogP contribution >= 0.6 is 0 Å². The standard InChI is InChI=1S/C17H14F3N5O2/c1-10-21-24-16(26-10)14-5-6-15(23-22-14)25-8-13(9-25)27-12-4-2-3-11(7-12)17(18,19)20/h2-7,13H,8-9H2,1H3. The molecule has 0 atom stereocenters. The van der Waals surface area contributed by atoms with Crippen LogP contribution in [0.4, 0.5) is 19.0 Å². The molecule has 1 aliphatic rings. The lowest BCUT2D eigenvalue weighted by atomic mass is 10.1. The highest BCUT2D eigenvalue weighted by Crippen LogP contribution is 2.32. The van der Waals surface area contributed by atoms with Gasteiger partial charge in [0.1, 0.15) is 17.5 Å². The first-order chi connectivity index (χ1) is 12.9. The lowest BCUT2D eigenvalue weighted by Crippen LogP contribution is -2.54. The predicted octanol–water partition coefficient (Wildman–Crippen LogP) is 3.12. The number of ether oxygens (including phenoxy) is 1. The normalized spacial score (nSPS) is 14.9. The number of aryl methyl sites for hydroxylation is 1. The smallest absolute Gasteiger partial charge is 0.416 e. The van der Waals surface area contributed by atoms with E-state index in [0.717, 1.165) is 12.1 Å². The van der Waals surface area contributed by atoms with Gasteiger partial charge in [-0.15, -0.1) is 20.4 Å². The third-order valence-electron chi connectivity index (χ3n) is 4.03. The van der Waals surface area contributed by atoms with E-state index in [1.54, 1.807) is 19.1 Å². The molecule has 10 heteroatoms. The van der Waals surface area contributed by atoms with Crippen molar-refractivity contribution < 1.29 is 22.3 Å². The Morgan fingerprint density at radius 1 is 1.07 bits per heavy atom. The van der Waals surface area contributed by atoms with E-state index in [2.05, 4.69) is 20.4 Å². The predicted molar refractivity (Wildman–Crippen MR) is 88.1 cm³/mol. The molecule has 3 heterocycles. The van der Waals surface area contributed by atoms with Crippen LogP contribution in [0.1, 0.15) is 11.5 Å². The highest BCUT2D eigenvalue weighted by molar-refractivity contribution is 5.50. The van der Waals surface area contributed by atoms with Crippen molar-refractivity contribution in [1.82, 2.24) is 20.4 Å². The number of nitrogens with zero attached hydrogens (tertiary/aromatic N) is 5. The minimum absolute atomic E-state index is 0.197. The number of benzene rings is 1. The zero-order valence-corrected chi connectivity index (χ0v) is 14.1. The van der Waals surface area contributed by atoms with Crippen LogP contribution in [0.25, 0.3) is 11.6 Å². The maximum Gasteiger partial charge on any atom is 0.416 e. The SMILES string of the molecule is Cc1nnc(-c2ccc(N3CC(Oc4cccc(C(F)(F)F)c4)C3)nn2)o1. The van der Waals surface area contributed by atoms with Gasteiger partial charge in [-0.1, -0.05) is 6.07 Å². The average molecular weight is 377 g/mol. The van der Waals surface area contributed by atoms with E-state index in [1.807, 2.05) is 4.90 Å². The molecule has 0 N–H and O–H groups in total. The summed E-state index contributed by atoms with van der Waals surface area (Å²) in [6.45, 7) is 2.69. The summed E-state index contributed by atoms with van der Waals surface area (Å²) in [5.41, 5.74) is -0.259. The van der Waals surface area contributed by atoms with Crippen LogP contribution in [-0.4, -0.2) is 39.6 Å². The van der Waals surface area contributed by atoms with Crippen molar-refractivity contribution in [3.05, 3.63) is 47.9 Å². The number of hydrogen-bond acceptors (Lipinski definition) is 7. The molecular weight excluding hydrogens is 363 g/mol. The maximum absolute atomic E-state index is 12.7. The quantitative estimate of drug-likeness (QED) is 0.691. The second-order valence-corrected chi connectivity index (χ2v) is 6.07. The first-order valence-corrected chi connectivity index (χ1v) is 8.11. The van der Waals surface area contributed by atoms with Crippen molar-refractivity contribution in [1.29, 1.82) is 0 Å². The number of rotatable bonds is 4. The Morgan fingerprint density at radius 3 is 2.52 bits per heavy atom. The summed E-state index contributed by atoms with van der Waals surface area (Å²) in [6, 6.07) is 8.35. The van der Waals surface area contributed by atoms with Crippen LogP contribution in [0.5, 0.6) is 5.75 Å². The lowest BCUT2D eigenvalue weighted by molar-refractivity contribution is -0.137. The second-order valence-electron chi connectivity index (χ2n) is 6.07. The highest BCUT2D eigenvalue weighted by Gasteiger charge is 2.33. The number of alkyl halides is 3. The van der Waals surface area contributed by atoms with Gasteiger partial charge in [0.2, 0.25) is 5.89 Å². The van der Waals surface area contributed by atoms with Crippen LogP contribution < -0.4 is 9.64 Å². The van der Waals surface area contributed by atoms with E-state index in [0.29, 0.717) is 36.4 Å².